The summed E-state index contributed by atoms with van der Waals surface area (Å²) in [6, 6.07) is -0.763. The summed E-state index contributed by atoms with van der Waals surface area (Å²) in [4.78, 5) is 45.4. The van der Waals surface area contributed by atoms with Crippen LogP contribution < -0.4 is 10.6 Å². The second-order valence-corrected chi connectivity index (χ2v) is 4.19. The first-order chi connectivity index (χ1) is 7.72. The summed E-state index contributed by atoms with van der Waals surface area (Å²) < 4.78 is 0. The van der Waals surface area contributed by atoms with Crippen molar-refractivity contribution in [3.63, 3.8) is 0 Å². The van der Waals surface area contributed by atoms with E-state index < -0.39 is 29.4 Å². The van der Waals surface area contributed by atoms with Gasteiger partial charge in [-0.25, -0.2) is 9.59 Å². The van der Waals surface area contributed by atoms with Gasteiger partial charge in [0, 0.05) is 0 Å². The molecule has 4 amide bonds. The molecule has 1 aliphatic rings. The molecule has 1 fully saturated rings. The molecule has 0 atom stereocenters. The number of urea groups is 1. The Kier molecular flexibility index (Phi) is 3.35. The van der Waals surface area contributed by atoms with Gasteiger partial charge >= 0.3 is 12.0 Å². The second kappa shape index (κ2) is 4.40. The van der Waals surface area contributed by atoms with Crippen molar-refractivity contribution >= 4 is 23.8 Å². The zero-order valence-corrected chi connectivity index (χ0v) is 9.44. The predicted octanol–water partition coefficient (Wildman–Crippen LogP) is -1.48. The lowest BCUT2D eigenvalue weighted by Crippen LogP contribution is -2.60. The third-order valence-corrected chi connectivity index (χ3v) is 2.19. The lowest BCUT2D eigenvalue weighted by Gasteiger charge is -2.29. The van der Waals surface area contributed by atoms with Crippen LogP contribution in [0.25, 0.3) is 0 Å². The average molecular weight is 243 g/mol. The van der Waals surface area contributed by atoms with Crippen molar-refractivity contribution in [2.75, 3.05) is 13.1 Å². The van der Waals surface area contributed by atoms with Crippen molar-refractivity contribution in [3.05, 3.63) is 0 Å². The number of nitrogens with zero attached hydrogens (tertiary/aromatic N) is 1. The second-order valence-electron chi connectivity index (χ2n) is 4.19. The summed E-state index contributed by atoms with van der Waals surface area (Å²) in [5, 5.41) is 13.1. The highest BCUT2D eigenvalue weighted by atomic mass is 16.4. The summed E-state index contributed by atoms with van der Waals surface area (Å²) in [6.45, 7) is 2.07. The molecule has 94 valence electrons. The number of aliphatic carboxylic acids is 1. The number of imide groups is 1. The number of carboxylic acid groups (broad SMARTS) is 1. The van der Waals surface area contributed by atoms with Gasteiger partial charge in [-0.05, 0) is 13.8 Å². The van der Waals surface area contributed by atoms with Crippen molar-refractivity contribution in [3.8, 4) is 0 Å². The molecule has 0 aromatic rings. The molecule has 1 aliphatic heterocycles. The normalized spacial score (nSPS) is 16.5. The predicted molar refractivity (Wildman–Crippen MR) is 55.0 cm³/mol. The first kappa shape index (κ1) is 12.9. The van der Waals surface area contributed by atoms with E-state index in [1.54, 1.807) is 0 Å². The van der Waals surface area contributed by atoms with Crippen LogP contribution in [-0.2, 0) is 14.4 Å². The van der Waals surface area contributed by atoms with Crippen LogP contribution in [0.5, 0.6) is 0 Å². The van der Waals surface area contributed by atoms with Gasteiger partial charge < -0.3 is 15.3 Å². The highest BCUT2D eigenvalue weighted by molar-refractivity contribution is 6.02. The monoisotopic (exact) mass is 243 g/mol. The SMILES string of the molecule is CC(C)(NC(=O)N1CC(=O)NC(=O)C1)C(=O)O. The molecule has 1 heterocycles. The fourth-order valence-corrected chi connectivity index (χ4v) is 1.18. The molecule has 17 heavy (non-hydrogen) atoms. The number of carbonyl (C=O) groups is 4. The molecule has 0 aliphatic carbocycles. The molecule has 3 N–H and O–H groups in total. The number of nitrogens with one attached hydrogen (secondary N) is 2. The maximum absolute atomic E-state index is 11.6. The van der Waals surface area contributed by atoms with Crippen LogP contribution in [0, 0.1) is 0 Å². The molecule has 0 spiro atoms. The number of rotatable bonds is 2. The van der Waals surface area contributed by atoms with Gasteiger partial charge in [0.2, 0.25) is 11.8 Å². The molecular weight excluding hydrogens is 230 g/mol. The van der Waals surface area contributed by atoms with Crippen LogP contribution in [0.3, 0.4) is 0 Å². The van der Waals surface area contributed by atoms with Gasteiger partial charge in [-0.1, -0.05) is 0 Å². The van der Waals surface area contributed by atoms with Crippen LogP contribution in [0.2, 0.25) is 0 Å². The Hall–Kier alpha value is -2.12. The fourth-order valence-electron chi connectivity index (χ4n) is 1.18. The lowest BCUT2D eigenvalue weighted by atomic mass is 10.1. The molecule has 0 aromatic carbocycles. The molecule has 1 rings (SSSR count). The third-order valence-electron chi connectivity index (χ3n) is 2.19. The van der Waals surface area contributed by atoms with Crippen LogP contribution in [0.15, 0.2) is 0 Å². The minimum atomic E-state index is -1.46. The summed E-state index contributed by atoms with van der Waals surface area (Å²) in [7, 11) is 0. The standard InChI is InChI=1S/C9H13N3O5/c1-9(2,7(15)16)11-8(17)12-3-5(13)10-6(14)4-12/h3-4H2,1-2H3,(H,11,17)(H,15,16)(H,10,13,14). The Balaban J connectivity index is 2.68. The average Bonchev–Trinajstić information content (AvgIpc) is 2.15. The molecule has 1 saturated heterocycles. The smallest absolute Gasteiger partial charge is 0.328 e. The number of carbonyl (C=O) groups excluding carboxylic acids is 3. The van der Waals surface area contributed by atoms with Crippen molar-refractivity contribution in [2.24, 2.45) is 0 Å². The van der Waals surface area contributed by atoms with E-state index in [1.165, 1.54) is 13.8 Å². The largest absolute Gasteiger partial charge is 0.480 e. The summed E-state index contributed by atoms with van der Waals surface area (Å²) in [5.41, 5.74) is -1.46. The Bertz CT molecular complexity index is 374. The number of piperazine rings is 1. The minimum absolute atomic E-state index is 0.271. The van der Waals surface area contributed by atoms with Gasteiger partial charge in [0.15, 0.2) is 0 Å². The molecule has 0 radical (unpaired) electrons. The highest BCUT2D eigenvalue weighted by Crippen LogP contribution is 2.04. The van der Waals surface area contributed by atoms with E-state index in [-0.39, 0.29) is 13.1 Å². The van der Waals surface area contributed by atoms with Gasteiger partial charge in [0.05, 0.1) is 0 Å². The Morgan fingerprint density at radius 1 is 1.29 bits per heavy atom. The zero-order valence-electron chi connectivity index (χ0n) is 9.44. The van der Waals surface area contributed by atoms with E-state index in [4.69, 9.17) is 5.11 Å². The van der Waals surface area contributed by atoms with Crippen LogP contribution in [-0.4, -0.2) is 52.4 Å². The molecule has 0 unspecified atom stereocenters. The van der Waals surface area contributed by atoms with E-state index in [2.05, 4.69) is 5.32 Å². The highest BCUT2D eigenvalue weighted by Gasteiger charge is 2.33. The number of hydrogen-bond donors (Lipinski definition) is 3. The minimum Gasteiger partial charge on any atom is -0.480 e. The Morgan fingerprint density at radius 3 is 2.18 bits per heavy atom. The van der Waals surface area contributed by atoms with Crippen LogP contribution in [0.4, 0.5) is 4.79 Å². The Labute approximate surface area is 97.0 Å². The van der Waals surface area contributed by atoms with Crippen molar-refractivity contribution < 1.29 is 24.3 Å². The lowest BCUT2D eigenvalue weighted by molar-refractivity contribution is -0.143. The zero-order chi connectivity index (χ0) is 13.2. The van der Waals surface area contributed by atoms with E-state index in [1.807, 2.05) is 5.32 Å². The van der Waals surface area contributed by atoms with E-state index >= 15 is 0 Å². The molecule has 0 bridgehead atoms. The summed E-state index contributed by atoms with van der Waals surface area (Å²) >= 11 is 0. The summed E-state index contributed by atoms with van der Waals surface area (Å²) in [5.74, 6) is -2.40. The number of carboxylic acids is 1. The molecule has 8 heteroatoms. The molecule has 0 aromatic heterocycles. The van der Waals surface area contributed by atoms with Gasteiger partial charge in [0.25, 0.3) is 0 Å². The third kappa shape index (κ3) is 3.16. The molecular formula is C9H13N3O5. The van der Waals surface area contributed by atoms with Crippen molar-refractivity contribution in [1.82, 2.24) is 15.5 Å². The maximum atomic E-state index is 11.6. The topological polar surface area (TPSA) is 116 Å². The van der Waals surface area contributed by atoms with Crippen LogP contribution in [0.1, 0.15) is 13.8 Å². The first-order valence-electron chi connectivity index (χ1n) is 4.85. The summed E-state index contributed by atoms with van der Waals surface area (Å²) in [6.07, 6.45) is 0. The Morgan fingerprint density at radius 2 is 1.76 bits per heavy atom. The van der Waals surface area contributed by atoms with Gasteiger partial charge in [-0.2, -0.15) is 0 Å². The van der Waals surface area contributed by atoms with Gasteiger partial charge in [-0.15, -0.1) is 0 Å². The molecule has 0 saturated carbocycles. The van der Waals surface area contributed by atoms with Gasteiger partial charge in [0.1, 0.15) is 18.6 Å². The fraction of sp³-hybridized carbons (Fsp3) is 0.556. The van der Waals surface area contributed by atoms with E-state index in [0.29, 0.717) is 0 Å². The maximum Gasteiger partial charge on any atom is 0.328 e. The van der Waals surface area contributed by atoms with Crippen LogP contribution >= 0.6 is 0 Å². The van der Waals surface area contributed by atoms with Crippen molar-refractivity contribution in [2.45, 2.75) is 19.4 Å². The van der Waals surface area contributed by atoms with E-state index in [9.17, 15) is 19.2 Å². The van der Waals surface area contributed by atoms with Gasteiger partial charge in [-0.3, -0.25) is 14.9 Å². The van der Waals surface area contributed by atoms with E-state index in [0.717, 1.165) is 4.90 Å². The number of hydrogen-bond acceptors (Lipinski definition) is 4. The quantitative estimate of drug-likeness (QED) is 0.511. The van der Waals surface area contributed by atoms with Crippen molar-refractivity contribution in [1.29, 1.82) is 0 Å². The molecule has 8 nitrogen and oxygen atoms in total. The number of amides is 4. The first-order valence-corrected chi connectivity index (χ1v) is 4.85.